The number of imide groups is 2. The molecule has 0 bridgehead atoms. The van der Waals surface area contributed by atoms with Crippen LogP contribution < -0.4 is 0 Å². The van der Waals surface area contributed by atoms with Crippen LogP contribution in [0.3, 0.4) is 0 Å². The molecule has 0 spiro atoms. The van der Waals surface area contributed by atoms with Gasteiger partial charge in [-0.05, 0) is 127 Å². The van der Waals surface area contributed by atoms with Crippen LogP contribution in [0.4, 0.5) is 0 Å². The van der Waals surface area contributed by atoms with Gasteiger partial charge in [0.1, 0.15) is 6.29 Å². The highest BCUT2D eigenvalue weighted by Gasteiger charge is 2.48. The van der Waals surface area contributed by atoms with Gasteiger partial charge in [-0.1, -0.05) is 148 Å². The molecular weight excluding hydrogens is 1020 g/mol. The molecular formula is C65H92N2O10Si2. The summed E-state index contributed by atoms with van der Waals surface area (Å²) < 4.78 is 26.9. The van der Waals surface area contributed by atoms with Crippen LogP contribution in [0, 0.1) is 23.7 Å². The number of hydrogen-bond acceptors (Lipinski definition) is 10. The highest BCUT2D eigenvalue weighted by atomic mass is 28.4. The number of ether oxygens (including phenoxy) is 2. The molecule has 4 unspecified atom stereocenters. The zero-order valence-electron chi connectivity index (χ0n) is 48.5. The fourth-order valence-electron chi connectivity index (χ4n) is 11.5. The van der Waals surface area contributed by atoms with E-state index >= 15 is 0 Å². The van der Waals surface area contributed by atoms with Crippen molar-refractivity contribution < 1.29 is 47.4 Å². The Bertz CT molecular complexity index is 2620. The summed E-state index contributed by atoms with van der Waals surface area (Å²) in [5.41, 5.74) is 4.41. The summed E-state index contributed by atoms with van der Waals surface area (Å²) in [5, 5.41) is 9.72. The van der Waals surface area contributed by atoms with Crippen molar-refractivity contribution in [3.05, 3.63) is 143 Å². The number of fused-ring (bicyclic) bond motifs is 2. The Morgan fingerprint density at radius 1 is 0.532 bits per heavy atom. The molecule has 2 fully saturated rings. The standard InChI is InChI=1S/C32H45NO5Si.C32H43NO5Si.CH4/c2*1-22-25(17-16-23-12-8-7-9-13-23)28(18-19-34)37-29(22)20-24(38-39(5,6)32(2,3)4)21-33-30(35)26-14-10-11-15-27(26)31(33)36;/h7-15,22,24-25,28-29,34H,16-21H2,1-6H3;7-15,19,22,24-25,28-29H,16-18,20-21H2,1-6H3;1H4/t2*22-,24?,25?,28+,29-;/m11./s1. The first-order valence-electron chi connectivity index (χ1n) is 28.5. The lowest BCUT2D eigenvalue weighted by molar-refractivity contribution is -0.111. The van der Waals surface area contributed by atoms with Crippen LogP contribution in [0.25, 0.3) is 0 Å². The third-order valence-electron chi connectivity index (χ3n) is 18.2. The average molecular weight is 1120 g/mol. The van der Waals surface area contributed by atoms with Crippen molar-refractivity contribution >= 4 is 46.5 Å². The number of aryl methyl sites for hydroxylation is 2. The van der Waals surface area contributed by atoms with Gasteiger partial charge in [0, 0.05) is 25.9 Å². The summed E-state index contributed by atoms with van der Waals surface area (Å²) >= 11 is 0. The van der Waals surface area contributed by atoms with E-state index in [0.29, 0.717) is 53.9 Å². The van der Waals surface area contributed by atoms with Crippen molar-refractivity contribution in [3.63, 3.8) is 0 Å². The molecule has 4 aliphatic heterocycles. The largest absolute Gasteiger partial charge is 0.412 e. The molecule has 0 aliphatic carbocycles. The predicted octanol–water partition coefficient (Wildman–Crippen LogP) is 13.0. The first-order chi connectivity index (χ1) is 36.8. The molecule has 1 N–H and O–H groups in total. The van der Waals surface area contributed by atoms with E-state index in [0.717, 1.165) is 32.0 Å². The molecule has 4 aromatic rings. The molecule has 4 heterocycles. The summed E-state index contributed by atoms with van der Waals surface area (Å²) in [6.45, 7) is 26.9. The second-order valence-corrected chi connectivity index (χ2v) is 35.0. The highest BCUT2D eigenvalue weighted by molar-refractivity contribution is 6.74. The number of amides is 4. The summed E-state index contributed by atoms with van der Waals surface area (Å²) in [4.78, 5) is 67.1. The minimum Gasteiger partial charge on any atom is -0.412 e. The molecule has 4 aromatic carbocycles. The maximum atomic E-state index is 13.2. The number of carbonyl (C=O) groups excluding carboxylic acids is 5. The molecule has 12 nitrogen and oxygen atoms in total. The SMILES string of the molecule is C.C[C@@H]1C(CCc2ccccc2)[C@H](CC=O)O[C@@H]1CC(CN1C(=O)c2ccccc2C1=O)O[Si](C)(C)C(C)(C)C.C[C@@H]1C(CCc2ccccc2)[C@H](CCO)O[C@@H]1CC(CN1C(=O)c2ccccc2C1=O)O[Si](C)(C)C(C)(C)C. The Kier molecular flexibility index (Phi) is 21.4. The van der Waals surface area contributed by atoms with Gasteiger partial charge in [0.25, 0.3) is 23.6 Å². The first kappa shape index (κ1) is 63.2. The zero-order chi connectivity index (χ0) is 56.7. The molecule has 4 amide bonds. The number of carbonyl (C=O) groups is 5. The number of hydrogen-bond donors (Lipinski definition) is 1. The van der Waals surface area contributed by atoms with Gasteiger partial charge in [-0.2, -0.15) is 0 Å². The van der Waals surface area contributed by atoms with Crippen molar-refractivity contribution in [2.24, 2.45) is 23.7 Å². The number of benzene rings is 4. The van der Waals surface area contributed by atoms with Crippen molar-refractivity contribution in [2.45, 2.75) is 187 Å². The fourth-order valence-corrected chi connectivity index (χ4v) is 14.2. The van der Waals surface area contributed by atoms with Crippen molar-refractivity contribution in [2.75, 3.05) is 19.7 Å². The van der Waals surface area contributed by atoms with Crippen LogP contribution in [-0.2, 0) is 36.0 Å². The third kappa shape index (κ3) is 15.0. The second-order valence-electron chi connectivity index (χ2n) is 25.4. The molecule has 14 heteroatoms. The Morgan fingerprint density at radius 3 is 1.19 bits per heavy atom. The van der Waals surface area contributed by atoms with Crippen LogP contribution in [0.1, 0.15) is 154 Å². The monoisotopic (exact) mass is 1120 g/mol. The number of aldehydes is 1. The zero-order valence-corrected chi connectivity index (χ0v) is 50.5. The van der Waals surface area contributed by atoms with Crippen LogP contribution in [0.2, 0.25) is 36.3 Å². The maximum Gasteiger partial charge on any atom is 0.261 e. The summed E-state index contributed by atoms with van der Waals surface area (Å²) in [6, 6.07) is 34.9. The summed E-state index contributed by atoms with van der Waals surface area (Å²) in [6.07, 6.45) is 5.87. The topological polar surface area (TPSA) is 149 Å². The lowest BCUT2D eigenvalue weighted by Crippen LogP contribution is -2.49. The van der Waals surface area contributed by atoms with E-state index in [2.05, 4.69) is 130 Å². The molecule has 430 valence electrons. The minimum atomic E-state index is -2.23. The molecule has 0 radical (unpaired) electrons. The van der Waals surface area contributed by atoms with Crippen LogP contribution >= 0.6 is 0 Å². The Morgan fingerprint density at radius 2 is 0.861 bits per heavy atom. The smallest absolute Gasteiger partial charge is 0.261 e. The van der Waals surface area contributed by atoms with Crippen molar-refractivity contribution in [1.82, 2.24) is 9.80 Å². The van der Waals surface area contributed by atoms with E-state index in [1.165, 1.54) is 20.9 Å². The van der Waals surface area contributed by atoms with E-state index in [-0.39, 0.29) is 115 Å². The van der Waals surface area contributed by atoms with Gasteiger partial charge in [-0.25, -0.2) is 0 Å². The van der Waals surface area contributed by atoms with E-state index in [1.54, 1.807) is 48.5 Å². The molecule has 10 atom stereocenters. The summed E-state index contributed by atoms with van der Waals surface area (Å²) in [7, 11) is -4.44. The normalized spacial score (nSPS) is 24.0. The molecule has 0 aromatic heterocycles. The Balaban J connectivity index is 0.000000252. The predicted molar refractivity (Wildman–Crippen MR) is 318 cm³/mol. The van der Waals surface area contributed by atoms with E-state index in [4.69, 9.17) is 18.3 Å². The highest BCUT2D eigenvalue weighted by Crippen LogP contribution is 2.44. The van der Waals surface area contributed by atoms with Gasteiger partial charge in [0.05, 0.1) is 72.0 Å². The second kappa shape index (κ2) is 26.8. The van der Waals surface area contributed by atoms with Crippen LogP contribution in [0.5, 0.6) is 0 Å². The number of nitrogens with zero attached hydrogens (tertiary/aromatic N) is 2. The van der Waals surface area contributed by atoms with Gasteiger partial charge in [0.15, 0.2) is 16.6 Å². The third-order valence-corrected chi connectivity index (χ3v) is 27.3. The molecule has 8 rings (SSSR count). The lowest BCUT2D eigenvalue weighted by Gasteiger charge is -2.40. The Hall–Kier alpha value is -4.94. The lowest BCUT2D eigenvalue weighted by atomic mass is 9.82. The van der Waals surface area contributed by atoms with Crippen LogP contribution in [-0.4, -0.2) is 118 Å². The molecule has 4 aliphatic rings. The number of rotatable bonds is 22. The Labute approximate surface area is 474 Å². The minimum absolute atomic E-state index is 0. The van der Waals surface area contributed by atoms with Gasteiger partial charge >= 0.3 is 0 Å². The molecule has 79 heavy (non-hydrogen) atoms. The number of aliphatic hydroxyl groups is 1. The van der Waals surface area contributed by atoms with Crippen molar-refractivity contribution in [3.8, 4) is 0 Å². The molecule has 0 saturated carbocycles. The van der Waals surface area contributed by atoms with Gasteiger partial charge < -0.3 is 28.2 Å². The number of aliphatic hydroxyl groups excluding tert-OH is 1. The molecule has 2 saturated heterocycles. The fraction of sp³-hybridized carbons (Fsp3) is 0.554. The summed E-state index contributed by atoms with van der Waals surface area (Å²) in [5.74, 6) is 0.00364. The van der Waals surface area contributed by atoms with Gasteiger partial charge in [-0.15, -0.1) is 0 Å². The van der Waals surface area contributed by atoms with E-state index in [1.807, 2.05) is 12.1 Å². The first-order valence-corrected chi connectivity index (χ1v) is 34.4. The van der Waals surface area contributed by atoms with Crippen molar-refractivity contribution in [1.29, 1.82) is 0 Å². The van der Waals surface area contributed by atoms with E-state index in [9.17, 15) is 29.1 Å². The van der Waals surface area contributed by atoms with E-state index < -0.39 is 16.6 Å². The van der Waals surface area contributed by atoms with Gasteiger partial charge in [-0.3, -0.25) is 29.0 Å². The van der Waals surface area contributed by atoms with Gasteiger partial charge in [0.2, 0.25) is 0 Å². The van der Waals surface area contributed by atoms with Crippen LogP contribution in [0.15, 0.2) is 109 Å². The quantitative estimate of drug-likeness (QED) is 0.0458. The average Bonchev–Trinajstić information content (AvgIpc) is 4.19. The maximum absolute atomic E-state index is 13.2.